The molecule has 0 aromatic heterocycles. The van der Waals surface area contributed by atoms with Gasteiger partial charge in [-0.15, -0.1) is 0 Å². The second kappa shape index (κ2) is 12.4. The van der Waals surface area contributed by atoms with Gasteiger partial charge in [0.2, 0.25) is 0 Å². The third-order valence-electron chi connectivity index (χ3n) is 5.73. The van der Waals surface area contributed by atoms with Gasteiger partial charge in [0.15, 0.2) is 0 Å². The summed E-state index contributed by atoms with van der Waals surface area (Å²) in [6, 6.07) is 21.3. The number of nitriles is 1. The summed E-state index contributed by atoms with van der Waals surface area (Å²) >= 11 is 0. The van der Waals surface area contributed by atoms with Gasteiger partial charge >= 0.3 is 0 Å². The molecule has 0 heterocycles. The highest BCUT2D eigenvalue weighted by Gasteiger charge is 2.35. The molecule has 0 bridgehead atoms. The maximum Gasteiger partial charge on any atom is 0.132 e. The van der Waals surface area contributed by atoms with Crippen LogP contribution in [0.1, 0.15) is 62.6 Å². The van der Waals surface area contributed by atoms with Crippen molar-refractivity contribution < 1.29 is 8.78 Å². The van der Waals surface area contributed by atoms with Crippen molar-refractivity contribution in [2.75, 3.05) is 6.54 Å². The molecule has 0 amide bonds. The van der Waals surface area contributed by atoms with Gasteiger partial charge in [-0.3, -0.25) is 4.90 Å². The van der Waals surface area contributed by atoms with Crippen LogP contribution in [0.15, 0.2) is 54.6 Å². The average molecular weight is 413 g/mol. The first-order chi connectivity index (χ1) is 14.4. The van der Waals surface area contributed by atoms with Crippen molar-refractivity contribution in [3.63, 3.8) is 0 Å². The molecule has 1 fully saturated rings. The van der Waals surface area contributed by atoms with Crippen molar-refractivity contribution in [3.05, 3.63) is 71.3 Å². The van der Waals surface area contributed by atoms with E-state index in [9.17, 15) is 8.78 Å². The third-order valence-corrected chi connectivity index (χ3v) is 5.73. The van der Waals surface area contributed by atoms with Gasteiger partial charge in [-0.2, -0.15) is 5.26 Å². The lowest BCUT2D eigenvalue weighted by atomic mass is 9.96. The molecule has 0 aliphatic heterocycles. The molecule has 3 rings (SSSR count). The molecule has 0 saturated heterocycles. The maximum atomic E-state index is 13.4. The zero-order valence-electron chi connectivity index (χ0n) is 18.4. The molecule has 1 aliphatic rings. The highest BCUT2D eigenvalue weighted by atomic mass is 19.2. The van der Waals surface area contributed by atoms with Crippen molar-refractivity contribution in [2.24, 2.45) is 0 Å². The van der Waals surface area contributed by atoms with Crippen molar-refractivity contribution >= 4 is 0 Å². The fourth-order valence-electron chi connectivity index (χ4n) is 3.99. The number of hydrogen-bond acceptors (Lipinski definition) is 2. The van der Waals surface area contributed by atoms with Crippen LogP contribution in [0.25, 0.3) is 0 Å². The molecule has 2 aromatic carbocycles. The number of rotatable bonds is 8. The van der Waals surface area contributed by atoms with Crippen LogP contribution in [-0.4, -0.2) is 29.8 Å². The number of aryl methyl sites for hydroxylation is 1. The van der Waals surface area contributed by atoms with E-state index in [2.05, 4.69) is 73.3 Å². The summed E-state index contributed by atoms with van der Waals surface area (Å²) < 4.78 is 26.8. The van der Waals surface area contributed by atoms with Crippen LogP contribution < -0.4 is 0 Å². The van der Waals surface area contributed by atoms with E-state index < -0.39 is 12.3 Å². The zero-order valence-corrected chi connectivity index (χ0v) is 18.4. The number of halogens is 2. The quantitative estimate of drug-likeness (QED) is 0.487. The highest BCUT2D eigenvalue weighted by molar-refractivity contribution is 5.27. The molecule has 4 heteroatoms. The minimum absolute atomic E-state index is 0.0337. The predicted octanol–water partition coefficient (Wildman–Crippen LogP) is 6.61. The summed E-state index contributed by atoms with van der Waals surface area (Å²) in [6.45, 7) is 7.96. The van der Waals surface area contributed by atoms with E-state index in [4.69, 9.17) is 5.26 Å². The molecule has 2 unspecified atom stereocenters. The molecule has 162 valence electrons. The van der Waals surface area contributed by atoms with Crippen LogP contribution in [0.2, 0.25) is 0 Å². The molecule has 2 atom stereocenters. The lowest BCUT2D eigenvalue weighted by molar-refractivity contribution is 0.199. The molecule has 2 aromatic rings. The van der Waals surface area contributed by atoms with Gasteiger partial charge in [0.25, 0.3) is 0 Å². The second-order valence-corrected chi connectivity index (χ2v) is 8.32. The Morgan fingerprint density at radius 3 is 2.07 bits per heavy atom. The number of nitrogens with zero attached hydrogens (tertiary/aromatic N) is 2. The lowest BCUT2D eigenvalue weighted by Gasteiger charge is -2.26. The molecule has 1 saturated carbocycles. The first kappa shape index (κ1) is 24.0. The Morgan fingerprint density at radius 1 is 0.967 bits per heavy atom. The van der Waals surface area contributed by atoms with Crippen LogP contribution in [0, 0.1) is 11.3 Å². The lowest BCUT2D eigenvalue weighted by Crippen LogP contribution is -2.31. The smallest absolute Gasteiger partial charge is 0.132 e. The van der Waals surface area contributed by atoms with Crippen LogP contribution in [0.4, 0.5) is 8.78 Å². The number of hydrogen-bond donors (Lipinski definition) is 0. The Hall–Kier alpha value is -2.25. The Labute approximate surface area is 180 Å². The van der Waals surface area contributed by atoms with Gasteiger partial charge in [0.05, 0.1) is 6.07 Å². The monoisotopic (exact) mass is 412 g/mol. The molecule has 1 aliphatic carbocycles. The zero-order chi connectivity index (χ0) is 21.9. The van der Waals surface area contributed by atoms with E-state index in [0.29, 0.717) is 18.9 Å². The van der Waals surface area contributed by atoms with Crippen LogP contribution in [0.5, 0.6) is 0 Å². The summed E-state index contributed by atoms with van der Waals surface area (Å²) in [6.07, 6.45) is 0.197. The standard InChI is InChI=1S/C24H31F2N.C2H3N/c1-18(2)27(17-20-7-4-3-5-8-20)14-6-9-19-10-12-21(13-11-19)22-15-23(25)24(26)16-22;1-2-3/h3-5,7-8,10-13,18,22-24H,6,9,14-17H2,1-2H3;1H3. The van der Waals surface area contributed by atoms with Crippen molar-refractivity contribution in [3.8, 4) is 6.07 Å². The van der Waals surface area contributed by atoms with Crippen molar-refractivity contribution in [1.29, 1.82) is 5.26 Å². The Kier molecular flexibility index (Phi) is 9.97. The average Bonchev–Trinajstić information content (AvgIpc) is 3.07. The molecule has 0 spiro atoms. The fraction of sp³-hybridized carbons (Fsp3) is 0.500. The van der Waals surface area contributed by atoms with Crippen LogP contribution >= 0.6 is 0 Å². The normalized spacial score (nSPS) is 20.7. The van der Waals surface area contributed by atoms with Crippen LogP contribution in [-0.2, 0) is 13.0 Å². The van der Waals surface area contributed by atoms with Gasteiger partial charge < -0.3 is 0 Å². The largest absolute Gasteiger partial charge is 0.297 e. The van der Waals surface area contributed by atoms with E-state index in [1.54, 1.807) is 6.07 Å². The predicted molar refractivity (Wildman–Crippen MR) is 120 cm³/mol. The van der Waals surface area contributed by atoms with E-state index in [0.717, 1.165) is 31.5 Å². The molecular formula is C26H34F2N2. The van der Waals surface area contributed by atoms with E-state index in [-0.39, 0.29) is 5.92 Å². The second-order valence-electron chi connectivity index (χ2n) is 8.32. The Morgan fingerprint density at radius 2 is 1.53 bits per heavy atom. The Bertz CT molecular complexity index is 758. The van der Waals surface area contributed by atoms with E-state index in [1.165, 1.54) is 18.1 Å². The number of alkyl halides is 2. The first-order valence-corrected chi connectivity index (χ1v) is 10.9. The van der Waals surface area contributed by atoms with E-state index in [1.807, 2.05) is 0 Å². The molecule has 30 heavy (non-hydrogen) atoms. The van der Waals surface area contributed by atoms with Crippen molar-refractivity contribution in [2.45, 2.75) is 77.3 Å². The summed E-state index contributed by atoms with van der Waals surface area (Å²) in [5, 5.41) is 7.32. The summed E-state index contributed by atoms with van der Waals surface area (Å²) in [5.41, 5.74) is 3.73. The number of benzene rings is 2. The Balaban J connectivity index is 0.00000101. The van der Waals surface area contributed by atoms with Gasteiger partial charge in [0, 0.05) is 19.5 Å². The summed E-state index contributed by atoms with van der Waals surface area (Å²) in [4.78, 5) is 2.50. The molecular weight excluding hydrogens is 378 g/mol. The summed E-state index contributed by atoms with van der Waals surface area (Å²) in [7, 11) is 0. The van der Waals surface area contributed by atoms with Gasteiger partial charge in [-0.05, 0) is 68.7 Å². The first-order valence-electron chi connectivity index (χ1n) is 10.9. The maximum absolute atomic E-state index is 13.4. The van der Waals surface area contributed by atoms with Gasteiger partial charge in [-0.25, -0.2) is 8.78 Å². The topological polar surface area (TPSA) is 27.0 Å². The van der Waals surface area contributed by atoms with Gasteiger partial charge in [0.1, 0.15) is 12.3 Å². The SMILES string of the molecule is CC#N.CC(C)N(CCCc1ccc(C2CC(F)C(F)C2)cc1)Cc1ccccc1. The highest BCUT2D eigenvalue weighted by Crippen LogP contribution is 2.38. The molecule has 2 nitrogen and oxygen atoms in total. The third kappa shape index (κ3) is 7.54. The minimum Gasteiger partial charge on any atom is -0.297 e. The summed E-state index contributed by atoms with van der Waals surface area (Å²) in [5.74, 6) is 0.0337. The van der Waals surface area contributed by atoms with E-state index >= 15 is 0 Å². The molecule has 0 N–H and O–H groups in total. The van der Waals surface area contributed by atoms with Gasteiger partial charge in [-0.1, -0.05) is 54.6 Å². The van der Waals surface area contributed by atoms with Crippen LogP contribution in [0.3, 0.4) is 0 Å². The minimum atomic E-state index is -1.29. The fourth-order valence-corrected chi connectivity index (χ4v) is 3.99. The molecule has 0 radical (unpaired) electrons. The van der Waals surface area contributed by atoms with Crippen molar-refractivity contribution in [1.82, 2.24) is 4.90 Å².